The molecule has 1 aliphatic carbocycles. The first-order valence-corrected chi connectivity index (χ1v) is 8.79. The molecule has 2 rings (SSSR count). The number of nitrogens with one attached hydrogen (secondary N) is 1. The molecule has 1 aliphatic rings. The van der Waals surface area contributed by atoms with E-state index in [1.54, 1.807) is 0 Å². The average molecular weight is 289 g/mol. The van der Waals surface area contributed by atoms with Gasteiger partial charge in [-0.2, -0.15) is 0 Å². The summed E-state index contributed by atoms with van der Waals surface area (Å²) >= 11 is 0. The summed E-state index contributed by atoms with van der Waals surface area (Å²) in [6.07, 6.45) is 9.56. The Morgan fingerprint density at radius 1 is 1.19 bits per heavy atom. The summed E-state index contributed by atoms with van der Waals surface area (Å²) in [5, 5.41) is 3.75. The molecule has 0 bridgehead atoms. The zero-order chi connectivity index (χ0) is 14.9. The molecule has 0 heterocycles. The second kappa shape index (κ2) is 9.09. The molecule has 1 fully saturated rings. The van der Waals surface area contributed by atoms with Gasteiger partial charge in [-0.3, -0.25) is 0 Å². The Hall–Kier alpha value is -1.02. The van der Waals surface area contributed by atoms with Crippen LogP contribution in [0.3, 0.4) is 0 Å². The minimum atomic E-state index is 0.480. The highest BCUT2D eigenvalue weighted by molar-refractivity contribution is 5.30. The molecule has 0 aliphatic heterocycles. The quantitative estimate of drug-likeness (QED) is 0.719. The molecule has 2 nitrogen and oxygen atoms in total. The van der Waals surface area contributed by atoms with Crippen molar-refractivity contribution in [2.45, 2.75) is 64.8 Å². The third kappa shape index (κ3) is 5.35. The fraction of sp³-hybridized carbons (Fsp3) is 0.684. The van der Waals surface area contributed by atoms with Crippen molar-refractivity contribution < 1.29 is 4.74 Å². The smallest absolute Gasteiger partial charge is 0.119 e. The van der Waals surface area contributed by atoms with Gasteiger partial charge in [0.2, 0.25) is 0 Å². The molecular formula is C19H31NO. The third-order valence-corrected chi connectivity index (χ3v) is 4.51. The van der Waals surface area contributed by atoms with E-state index in [2.05, 4.69) is 36.5 Å². The van der Waals surface area contributed by atoms with Crippen molar-refractivity contribution in [1.29, 1.82) is 0 Å². The molecule has 1 aromatic rings. The Kier molecular flexibility index (Phi) is 7.08. The molecule has 0 amide bonds. The highest BCUT2D eigenvalue weighted by Gasteiger charge is 2.20. The van der Waals surface area contributed by atoms with Gasteiger partial charge in [0, 0.05) is 6.04 Å². The monoisotopic (exact) mass is 289 g/mol. The molecule has 1 unspecified atom stereocenters. The van der Waals surface area contributed by atoms with Crippen LogP contribution in [0.2, 0.25) is 0 Å². The van der Waals surface area contributed by atoms with Crippen LogP contribution in [0, 0.1) is 5.92 Å². The predicted molar refractivity (Wildman–Crippen MR) is 89.8 cm³/mol. The first-order chi connectivity index (χ1) is 10.3. The van der Waals surface area contributed by atoms with E-state index in [1.165, 1.54) is 50.5 Å². The van der Waals surface area contributed by atoms with Crippen LogP contribution in [-0.2, 0) is 0 Å². The zero-order valence-electron chi connectivity index (χ0n) is 13.7. The summed E-state index contributed by atoms with van der Waals surface area (Å²) in [5.41, 5.74) is 1.39. The molecule has 0 spiro atoms. The Morgan fingerprint density at radius 2 is 2.00 bits per heavy atom. The number of ether oxygens (including phenoxy) is 1. The Labute approximate surface area is 130 Å². The minimum Gasteiger partial charge on any atom is -0.494 e. The van der Waals surface area contributed by atoms with Gasteiger partial charge in [0.15, 0.2) is 0 Å². The van der Waals surface area contributed by atoms with Crippen molar-refractivity contribution in [3.63, 3.8) is 0 Å². The Balaban J connectivity index is 2.04. The van der Waals surface area contributed by atoms with Crippen LogP contribution in [0.15, 0.2) is 24.3 Å². The van der Waals surface area contributed by atoms with Crippen molar-refractivity contribution in [3.8, 4) is 5.75 Å². The maximum absolute atomic E-state index is 5.66. The van der Waals surface area contributed by atoms with E-state index >= 15 is 0 Å². The van der Waals surface area contributed by atoms with Gasteiger partial charge in [0.05, 0.1) is 6.61 Å². The lowest BCUT2D eigenvalue weighted by atomic mass is 9.83. The molecule has 0 radical (unpaired) electrons. The van der Waals surface area contributed by atoms with Crippen LogP contribution in [0.25, 0.3) is 0 Å². The fourth-order valence-electron chi connectivity index (χ4n) is 3.40. The van der Waals surface area contributed by atoms with E-state index in [9.17, 15) is 0 Å². The summed E-state index contributed by atoms with van der Waals surface area (Å²) < 4.78 is 5.66. The first kappa shape index (κ1) is 16.4. The van der Waals surface area contributed by atoms with Crippen LogP contribution in [0.1, 0.15) is 70.4 Å². The van der Waals surface area contributed by atoms with Crippen molar-refractivity contribution in [1.82, 2.24) is 5.32 Å². The van der Waals surface area contributed by atoms with Crippen LogP contribution < -0.4 is 10.1 Å². The lowest BCUT2D eigenvalue weighted by molar-refractivity contribution is 0.298. The Bertz CT molecular complexity index is 398. The molecule has 1 saturated carbocycles. The Morgan fingerprint density at radius 3 is 2.71 bits per heavy atom. The average Bonchev–Trinajstić information content (AvgIpc) is 2.53. The van der Waals surface area contributed by atoms with Crippen LogP contribution in [0.4, 0.5) is 0 Å². The number of hydrogen-bond acceptors (Lipinski definition) is 2. The molecule has 0 aromatic heterocycles. The summed E-state index contributed by atoms with van der Waals surface area (Å²) in [4.78, 5) is 0. The second-order valence-electron chi connectivity index (χ2n) is 6.25. The summed E-state index contributed by atoms with van der Waals surface area (Å²) in [6.45, 7) is 6.11. The highest BCUT2D eigenvalue weighted by atomic mass is 16.5. The van der Waals surface area contributed by atoms with E-state index in [4.69, 9.17) is 4.74 Å². The van der Waals surface area contributed by atoms with E-state index < -0.39 is 0 Å². The molecule has 21 heavy (non-hydrogen) atoms. The number of hydrogen-bond donors (Lipinski definition) is 1. The van der Waals surface area contributed by atoms with E-state index in [0.717, 1.165) is 24.8 Å². The van der Waals surface area contributed by atoms with E-state index in [0.29, 0.717) is 6.04 Å². The molecule has 2 heteroatoms. The highest BCUT2D eigenvalue weighted by Crippen LogP contribution is 2.32. The van der Waals surface area contributed by atoms with Gasteiger partial charge in [-0.1, -0.05) is 51.2 Å². The zero-order valence-corrected chi connectivity index (χ0v) is 13.7. The standard InChI is InChI=1S/C19H31NO/c1-3-13-20-19(14-16-9-6-5-7-10-16)17-11-8-12-18(15-17)21-4-2/h8,11-12,15-16,19-20H,3-7,9-10,13-14H2,1-2H3. The van der Waals surface area contributed by atoms with Crippen LogP contribution >= 0.6 is 0 Å². The largest absolute Gasteiger partial charge is 0.494 e. The topological polar surface area (TPSA) is 21.3 Å². The molecular weight excluding hydrogens is 258 g/mol. The molecule has 118 valence electrons. The normalized spacial score (nSPS) is 17.6. The maximum Gasteiger partial charge on any atom is 0.119 e. The van der Waals surface area contributed by atoms with Gasteiger partial charge in [-0.15, -0.1) is 0 Å². The molecule has 1 N–H and O–H groups in total. The van der Waals surface area contributed by atoms with E-state index in [-0.39, 0.29) is 0 Å². The number of rotatable bonds is 8. The van der Waals surface area contributed by atoms with Gasteiger partial charge in [-0.25, -0.2) is 0 Å². The van der Waals surface area contributed by atoms with Gasteiger partial charge >= 0.3 is 0 Å². The lowest BCUT2D eigenvalue weighted by Gasteiger charge is -2.28. The maximum atomic E-state index is 5.66. The third-order valence-electron chi connectivity index (χ3n) is 4.51. The minimum absolute atomic E-state index is 0.480. The van der Waals surface area contributed by atoms with E-state index in [1.807, 2.05) is 6.92 Å². The SMILES string of the molecule is CCCNC(CC1CCCCC1)c1cccc(OCC)c1. The van der Waals surface area contributed by atoms with Crippen molar-refractivity contribution in [3.05, 3.63) is 29.8 Å². The van der Waals surface area contributed by atoms with Crippen molar-refractivity contribution in [2.24, 2.45) is 5.92 Å². The first-order valence-electron chi connectivity index (χ1n) is 8.79. The molecule has 1 atom stereocenters. The summed E-state index contributed by atoms with van der Waals surface area (Å²) in [7, 11) is 0. The van der Waals surface area contributed by atoms with Crippen LogP contribution in [-0.4, -0.2) is 13.2 Å². The van der Waals surface area contributed by atoms with Crippen molar-refractivity contribution >= 4 is 0 Å². The second-order valence-corrected chi connectivity index (χ2v) is 6.25. The molecule has 0 saturated heterocycles. The summed E-state index contributed by atoms with van der Waals surface area (Å²) in [5.74, 6) is 1.89. The van der Waals surface area contributed by atoms with Gasteiger partial charge < -0.3 is 10.1 Å². The van der Waals surface area contributed by atoms with Gasteiger partial charge in [0.25, 0.3) is 0 Å². The van der Waals surface area contributed by atoms with Gasteiger partial charge in [-0.05, 0) is 49.9 Å². The van der Waals surface area contributed by atoms with Gasteiger partial charge in [0.1, 0.15) is 5.75 Å². The fourth-order valence-corrected chi connectivity index (χ4v) is 3.40. The lowest BCUT2D eigenvalue weighted by Crippen LogP contribution is -2.25. The van der Waals surface area contributed by atoms with Crippen LogP contribution in [0.5, 0.6) is 5.75 Å². The predicted octanol–water partition coefficient (Wildman–Crippen LogP) is 5.10. The summed E-state index contributed by atoms with van der Waals surface area (Å²) in [6, 6.07) is 9.14. The number of benzene rings is 1. The van der Waals surface area contributed by atoms with Crippen molar-refractivity contribution in [2.75, 3.05) is 13.2 Å². The molecule has 1 aromatic carbocycles.